The third kappa shape index (κ3) is 4.00. The van der Waals surface area contributed by atoms with Gasteiger partial charge in [-0.15, -0.1) is 11.3 Å². The Morgan fingerprint density at radius 2 is 1.81 bits per heavy atom. The molecule has 2 aliphatic rings. The summed E-state index contributed by atoms with van der Waals surface area (Å²) in [5.41, 5.74) is 5.01. The molecule has 3 heterocycles. The standard InChI is InChI=1S/C22H18N4O5S/c27-19-7-8-20(28)26(25-19)15-4-1-13(2-5-15)21(29)24-22-23-16(12-32-22)14-3-6-17-18(11-14)31-10-9-30-17/h1-6,11-12H,7-10H2,(H,25,27)(H,23,24,29). The normalized spacial score (nSPS) is 15.3. The Bertz CT molecular complexity index is 1210. The van der Waals surface area contributed by atoms with Gasteiger partial charge in [0.25, 0.3) is 5.91 Å². The van der Waals surface area contributed by atoms with E-state index in [1.165, 1.54) is 16.3 Å². The molecule has 0 unspecified atom stereocenters. The van der Waals surface area contributed by atoms with Gasteiger partial charge in [0.05, 0.1) is 11.4 Å². The predicted octanol–water partition coefficient (Wildman–Crippen LogP) is 2.99. The number of rotatable bonds is 4. The summed E-state index contributed by atoms with van der Waals surface area (Å²) in [5.74, 6) is 0.641. The highest BCUT2D eigenvalue weighted by molar-refractivity contribution is 7.14. The predicted molar refractivity (Wildman–Crippen MR) is 118 cm³/mol. The largest absolute Gasteiger partial charge is 0.486 e. The number of hydrogen-bond donors (Lipinski definition) is 2. The van der Waals surface area contributed by atoms with Gasteiger partial charge < -0.3 is 9.47 Å². The van der Waals surface area contributed by atoms with Gasteiger partial charge in [-0.25, -0.2) is 9.99 Å². The van der Waals surface area contributed by atoms with Crippen molar-refractivity contribution in [1.82, 2.24) is 10.4 Å². The van der Waals surface area contributed by atoms with Crippen LogP contribution < -0.4 is 25.2 Å². The molecule has 10 heteroatoms. The van der Waals surface area contributed by atoms with Crippen molar-refractivity contribution in [3.63, 3.8) is 0 Å². The second kappa shape index (κ2) is 8.31. The quantitative estimate of drug-likeness (QED) is 0.632. The van der Waals surface area contributed by atoms with Crippen LogP contribution in [-0.4, -0.2) is 35.9 Å². The van der Waals surface area contributed by atoms with Gasteiger partial charge in [0.2, 0.25) is 11.8 Å². The zero-order valence-electron chi connectivity index (χ0n) is 16.8. The molecule has 1 aromatic heterocycles. The van der Waals surface area contributed by atoms with Crippen molar-refractivity contribution in [2.75, 3.05) is 23.5 Å². The molecule has 5 rings (SSSR count). The van der Waals surface area contributed by atoms with Crippen molar-refractivity contribution in [3.05, 3.63) is 53.4 Å². The molecule has 32 heavy (non-hydrogen) atoms. The summed E-state index contributed by atoms with van der Waals surface area (Å²) in [6, 6.07) is 12.0. The fourth-order valence-corrected chi connectivity index (χ4v) is 4.10. The van der Waals surface area contributed by atoms with Crippen LogP contribution in [0, 0.1) is 0 Å². The number of carbonyl (C=O) groups is 3. The number of aromatic nitrogens is 1. The van der Waals surface area contributed by atoms with Crippen molar-refractivity contribution in [3.8, 4) is 22.8 Å². The van der Waals surface area contributed by atoms with Crippen LogP contribution >= 0.6 is 11.3 Å². The topological polar surface area (TPSA) is 110 Å². The Hall–Kier alpha value is -3.92. The highest BCUT2D eigenvalue weighted by Gasteiger charge is 2.24. The van der Waals surface area contributed by atoms with E-state index in [1.54, 1.807) is 24.3 Å². The maximum Gasteiger partial charge on any atom is 0.257 e. The summed E-state index contributed by atoms with van der Waals surface area (Å²) in [7, 11) is 0. The van der Waals surface area contributed by atoms with E-state index >= 15 is 0 Å². The minimum atomic E-state index is -0.325. The molecule has 3 aromatic rings. The molecule has 3 amide bonds. The number of nitrogens with one attached hydrogen (secondary N) is 2. The molecule has 2 aromatic carbocycles. The van der Waals surface area contributed by atoms with E-state index in [0.29, 0.717) is 41.1 Å². The fourth-order valence-electron chi connectivity index (χ4n) is 3.38. The van der Waals surface area contributed by atoms with Crippen molar-refractivity contribution < 1.29 is 23.9 Å². The van der Waals surface area contributed by atoms with Crippen molar-refractivity contribution in [1.29, 1.82) is 0 Å². The molecule has 2 aliphatic heterocycles. The maximum atomic E-state index is 12.6. The van der Waals surface area contributed by atoms with Gasteiger partial charge in [-0.2, -0.15) is 0 Å². The molecule has 1 fully saturated rings. The van der Waals surface area contributed by atoms with Crippen molar-refractivity contribution in [2.24, 2.45) is 0 Å². The third-order valence-electron chi connectivity index (χ3n) is 5.00. The zero-order chi connectivity index (χ0) is 22.1. The molecular weight excluding hydrogens is 432 g/mol. The first-order valence-corrected chi connectivity index (χ1v) is 10.8. The van der Waals surface area contributed by atoms with Crippen LogP contribution in [0.15, 0.2) is 47.8 Å². The molecule has 162 valence electrons. The number of anilines is 2. The number of carbonyl (C=O) groups excluding carboxylic acids is 3. The van der Waals surface area contributed by atoms with Gasteiger partial charge in [-0.05, 0) is 42.5 Å². The maximum absolute atomic E-state index is 12.6. The molecule has 0 saturated carbocycles. The molecule has 2 N–H and O–H groups in total. The summed E-state index contributed by atoms with van der Waals surface area (Å²) in [6.07, 6.45) is 0.335. The fraction of sp³-hybridized carbons (Fsp3) is 0.182. The zero-order valence-corrected chi connectivity index (χ0v) is 17.6. The highest BCUT2D eigenvalue weighted by atomic mass is 32.1. The smallest absolute Gasteiger partial charge is 0.257 e. The number of benzene rings is 2. The van der Waals surface area contributed by atoms with Crippen LogP contribution in [0.25, 0.3) is 11.3 Å². The Balaban J connectivity index is 1.27. The lowest BCUT2D eigenvalue weighted by Crippen LogP contribution is -2.50. The molecule has 0 bridgehead atoms. The first-order chi connectivity index (χ1) is 15.6. The van der Waals surface area contributed by atoms with Gasteiger partial charge in [0.15, 0.2) is 16.6 Å². The molecule has 1 saturated heterocycles. The van der Waals surface area contributed by atoms with Gasteiger partial charge in [0, 0.05) is 29.3 Å². The van der Waals surface area contributed by atoms with Crippen LogP contribution in [-0.2, 0) is 9.59 Å². The van der Waals surface area contributed by atoms with E-state index in [9.17, 15) is 14.4 Å². The van der Waals surface area contributed by atoms with E-state index in [2.05, 4.69) is 15.7 Å². The van der Waals surface area contributed by atoms with E-state index in [0.717, 1.165) is 11.3 Å². The number of thiazole rings is 1. The Morgan fingerprint density at radius 1 is 1.03 bits per heavy atom. The second-order valence-corrected chi connectivity index (χ2v) is 8.02. The number of ether oxygens (including phenoxy) is 2. The number of hydrogen-bond acceptors (Lipinski definition) is 7. The SMILES string of the molecule is O=C1CCC(=O)N(c2ccc(C(=O)Nc3nc(-c4ccc5c(c4)OCCO5)cs3)cc2)N1. The minimum absolute atomic E-state index is 0.157. The Kier molecular flexibility index (Phi) is 5.20. The summed E-state index contributed by atoms with van der Waals surface area (Å²) in [6.45, 7) is 1.04. The minimum Gasteiger partial charge on any atom is -0.486 e. The van der Waals surface area contributed by atoms with E-state index in [-0.39, 0.29) is 30.6 Å². The highest BCUT2D eigenvalue weighted by Crippen LogP contribution is 2.35. The molecule has 0 spiro atoms. The van der Waals surface area contributed by atoms with Crippen LogP contribution in [0.3, 0.4) is 0 Å². The van der Waals surface area contributed by atoms with E-state index < -0.39 is 0 Å². The summed E-state index contributed by atoms with van der Waals surface area (Å²) >= 11 is 1.32. The second-order valence-electron chi connectivity index (χ2n) is 7.16. The Morgan fingerprint density at radius 3 is 2.62 bits per heavy atom. The molecule has 9 nitrogen and oxygen atoms in total. The monoisotopic (exact) mass is 450 g/mol. The van der Waals surface area contributed by atoms with Gasteiger partial charge in [-0.1, -0.05) is 0 Å². The summed E-state index contributed by atoms with van der Waals surface area (Å²) in [5, 5.41) is 6.31. The van der Waals surface area contributed by atoms with Gasteiger partial charge in [0.1, 0.15) is 13.2 Å². The Labute approximate surface area is 186 Å². The average Bonchev–Trinajstić information content (AvgIpc) is 3.29. The van der Waals surface area contributed by atoms with Crippen LogP contribution in [0.5, 0.6) is 11.5 Å². The first kappa shape index (κ1) is 20.0. The number of hydrazine groups is 1. The molecule has 0 aliphatic carbocycles. The lowest BCUT2D eigenvalue weighted by Gasteiger charge is -2.27. The van der Waals surface area contributed by atoms with E-state index in [4.69, 9.17) is 9.47 Å². The molecule has 0 atom stereocenters. The summed E-state index contributed by atoms with van der Waals surface area (Å²) in [4.78, 5) is 40.7. The third-order valence-corrected chi connectivity index (χ3v) is 5.76. The number of amides is 3. The molecular formula is C22H18N4O5S. The van der Waals surface area contributed by atoms with Crippen molar-refractivity contribution >= 4 is 39.9 Å². The average molecular weight is 450 g/mol. The lowest BCUT2D eigenvalue weighted by atomic mass is 10.1. The summed E-state index contributed by atoms with van der Waals surface area (Å²) < 4.78 is 11.2. The van der Waals surface area contributed by atoms with Gasteiger partial charge in [-0.3, -0.25) is 25.1 Å². The number of fused-ring (bicyclic) bond motifs is 1. The van der Waals surface area contributed by atoms with Crippen LogP contribution in [0.4, 0.5) is 10.8 Å². The van der Waals surface area contributed by atoms with Crippen LogP contribution in [0.1, 0.15) is 23.2 Å². The van der Waals surface area contributed by atoms with Crippen molar-refractivity contribution in [2.45, 2.75) is 12.8 Å². The van der Waals surface area contributed by atoms with E-state index in [1.807, 2.05) is 23.6 Å². The van der Waals surface area contributed by atoms with Gasteiger partial charge >= 0.3 is 0 Å². The molecule has 0 radical (unpaired) electrons. The van der Waals surface area contributed by atoms with Crippen LogP contribution in [0.2, 0.25) is 0 Å². The number of nitrogens with zero attached hydrogens (tertiary/aromatic N) is 2. The lowest BCUT2D eigenvalue weighted by molar-refractivity contribution is -0.130. The first-order valence-electron chi connectivity index (χ1n) is 9.96.